The molecule has 0 bridgehead atoms. The maximum atomic E-state index is 11.2. The van der Waals surface area contributed by atoms with Crippen molar-refractivity contribution in [1.29, 1.82) is 0 Å². The summed E-state index contributed by atoms with van der Waals surface area (Å²) in [7, 11) is 0. The van der Waals surface area contributed by atoms with E-state index in [-0.39, 0.29) is 5.56 Å². The van der Waals surface area contributed by atoms with Gasteiger partial charge >= 0.3 is 0 Å². The number of ether oxygens (including phenoxy) is 1. The first kappa shape index (κ1) is 16.5. The van der Waals surface area contributed by atoms with Crippen molar-refractivity contribution < 1.29 is 19.5 Å². The lowest BCUT2D eigenvalue weighted by atomic mass is 10.1. The molecule has 5 nitrogen and oxygen atoms in total. The van der Waals surface area contributed by atoms with Gasteiger partial charge in [0.2, 0.25) is 0 Å². The Bertz CT molecular complexity index is 697. The molecule has 1 aliphatic rings. The summed E-state index contributed by atoms with van der Waals surface area (Å²) in [5.74, 6) is -1.16. The van der Waals surface area contributed by atoms with E-state index >= 15 is 0 Å². The molecule has 2 aromatic carbocycles. The number of carbonyl (C=O) groups excluding carboxylic acids is 1. The number of benzene rings is 2. The number of carboxylic acid groups (broad SMARTS) is 1. The smallest absolute Gasteiger partial charge is 0.103 e. The Kier molecular flexibility index (Phi) is 5.46. The minimum atomic E-state index is -1.16. The zero-order valence-electron chi connectivity index (χ0n) is 13.6. The summed E-state index contributed by atoms with van der Waals surface area (Å²) < 4.78 is 5.41. The summed E-state index contributed by atoms with van der Waals surface area (Å²) in [5.41, 5.74) is 3.25. The van der Waals surface area contributed by atoms with E-state index in [2.05, 4.69) is 17.4 Å². The lowest BCUT2D eigenvalue weighted by Crippen LogP contribution is -3.12. The Balaban J connectivity index is 1.70. The van der Waals surface area contributed by atoms with Crippen LogP contribution in [0.3, 0.4) is 0 Å². The fourth-order valence-corrected chi connectivity index (χ4v) is 3.01. The van der Waals surface area contributed by atoms with Crippen molar-refractivity contribution >= 4 is 11.7 Å². The highest BCUT2D eigenvalue weighted by molar-refractivity contribution is 5.92. The van der Waals surface area contributed by atoms with Gasteiger partial charge in [0.05, 0.1) is 19.2 Å². The Hall–Kier alpha value is -2.37. The quantitative estimate of drug-likeness (QED) is 0.789. The van der Waals surface area contributed by atoms with Gasteiger partial charge in [-0.3, -0.25) is 0 Å². The normalized spacial score (nSPS) is 15.2. The Morgan fingerprint density at radius 1 is 1.04 bits per heavy atom. The molecular weight excluding hydrogens is 304 g/mol. The second kappa shape index (κ2) is 7.95. The third kappa shape index (κ3) is 4.13. The van der Waals surface area contributed by atoms with Gasteiger partial charge in [0.25, 0.3) is 0 Å². The molecule has 2 aromatic rings. The van der Waals surface area contributed by atoms with Crippen LogP contribution in [-0.4, -0.2) is 32.3 Å². The molecule has 0 unspecified atom stereocenters. The van der Waals surface area contributed by atoms with Crippen LogP contribution in [0, 0.1) is 0 Å². The number of quaternary nitrogens is 1. The van der Waals surface area contributed by atoms with E-state index in [1.807, 2.05) is 18.2 Å². The number of anilines is 1. The molecule has 3 rings (SSSR count). The molecule has 0 radical (unpaired) electrons. The molecule has 0 atom stereocenters. The van der Waals surface area contributed by atoms with Crippen LogP contribution in [-0.2, 0) is 17.8 Å². The lowest BCUT2D eigenvalue weighted by Gasteiger charge is -2.24. The number of para-hydroxylation sites is 1. The standard InChI is InChI=1S/C19H22N2O3/c22-19(23)17-7-3-4-8-18(17)20-13-15-5-1-2-6-16(15)14-21-9-11-24-12-10-21/h1-8,20H,9-14H2,(H,22,23). The molecule has 2 N–H and O–H groups in total. The SMILES string of the molecule is O=C([O-])c1ccccc1NCc1ccccc1C[NH+]1CCOCC1. The summed E-state index contributed by atoms with van der Waals surface area (Å²) in [5, 5.41) is 14.4. The van der Waals surface area contributed by atoms with E-state index in [0.717, 1.165) is 32.8 Å². The number of hydrogen-bond donors (Lipinski definition) is 2. The third-order valence-electron chi connectivity index (χ3n) is 4.38. The summed E-state index contributed by atoms with van der Waals surface area (Å²) >= 11 is 0. The fraction of sp³-hybridized carbons (Fsp3) is 0.316. The number of morpholine rings is 1. The molecule has 0 aromatic heterocycles. The molecule has 1 heterocycles. The number of carboxylic acids is 1. The highest BCUT2D eigenvalue weighted by Crippen LogP contribution is 2.16. The first-order valence-corrected chi connectivity index (χ1v) is 8.26. The zero-order chi connectivity index (χ0) is 16.8. The van der Waals surface area contributed by atoms with Crippen LogP contribution in [0.15, 0.2) is 48.5 Å². The van der Waals surface area contributed by atoms with Gasteiger partial charge in [-0.2, -0.15) is 0 Å². The topological polar surface area (TPSA) is 65.8 Å². The molecule has 0 aliphatic carbocycles. The summed E-state index contributed by atoms with van der Waals surface area (Å²) in [4.78, 5) is 12.7. The Morgan fingerprint density at radius 2 is 1.71 bits per heavy atom. The van der Waals surface area contributed by atoms with Crippen LogP contribution >= 0.6 is 0 Å². The highest BCUT2D eigenvalue weighted by Gasteiger charge is 2.16. The summed E-state index contributed by atoms with van der Waals surface area (Å²) in [6.07, 6.45) is 0. The van der Waals surface area contributed by atoms with Gasteiger partial charge in [0.15, 0.2) is 0 Å². The van der Waals surface area contributed by atoms with Crippen LogP contribution in [0.4, 0.5) is 5.69 Å². The van der Waals surface area contributed by atoms with Crippen molar-refractivity contribution in [3.05, 3.63) is 65.2 Å². The molecule has 0 spiro atoms. The summed E-state index contributed by atoms with van der Waals surface area (Å²) in [6.45, 7) is 5.22. The van der Waals surface area contributed by atoms with E-state index in [9.17, 15) is 9.90 Å². The molecular formula is C19H22N2O3. The van der Waals surface area contributed by atoms with E-state index in [1.165, 1.54) is 16.0 Å². The van der Waals surface area contributed by atoms with E-state index in [4.69, 9.17) is 4.74 Å². The van der Waals surface area contributed by atoms with Crippen LogP contribution in [0.25, 0.3) is 0 Å². The molecule has 0 saturated carbocycles. The predicted molar refractivity (Wildman–Crippen MR) is 89.8 cm³/mol. The van der Waals surface area contributed by atoms with Crippen LogP contribution in [0.2, 0.25) is 0 Å². The van der Waals surface area contributed by atoms with Crippen molar-refractivity contribution in [1.82, 2.24) is 0 Å². The number of aromatic carboxylic acids is 1. The number of carbonyl (C=O) groups is 1. The largest absolute Gasteiger partial charge is 0.545 e. The van der Waals surface area contributed by atoms with E-state index in [0.29, 0.717) is 12.2 Å². The van der Waals surface area contributed by atoms with Gasteiger partial charge in [0, 0.05) is 23.4 Å². The minimum Gasteiger partial charge on any atom is -0.545 e. The van der Waals surface area contributed by atoms with Gasteiger partial charge in [-0.05, 0) is 11.6 Å². The van der Waals surface area contributed by atoms with Crippen LogP contribution in [0.1, 0.15) is 21.5 Å². The average molecular weight is 326 g/mol. The first-order chi connectivity index (χ1) is 11.7. The second-order valence-corrected chi connectivity index (χ2v) is 5.99. The van der Waals surface area contributed by atoms with Gasteiger partial charge in [-0.15, -0.1) is 0 Å². The Morgan fingerprint density at radius 3 is 2.46 bits per heavy atom. The third-order valence-corrected chi connectivity index (χ3v) is 4.38. The van der Waals surface area contributed by atoms with Crippen molar-refractivity contribution in [2.24, 2.45) is 0 Å². The molecule has 1 fully saturated rings. The van der Waals surface area contributed by atoms with Crippen molar-refractivity contribution in [2.75, 3.05) is 31.6 Å². The molecule has 0 amide bonds. The van der Waals surface area contributed by atoms with Gasteiger partial charge in [0.1, 0.15) is 19.6 Å². The maximum absolute atomic E-state index is 11.2. The second-order valence-electron chi connectivity index (χ2n) is 5.99. The fourth-order valence-electron chi connectivity index (χ4n) is 3.01. The minimum absolute atomic E-state index is 0.189. The van der Waals surface area contributed by atoms with Crippen LogP contribution < -0.4 is 15.3 Å². The average Bonchev–Trinajstić information content (AvgIpc) is 2.62. The molecule has 1 aliphatic heterocycles. The van der Waals surface area contributed by atoms with Crippen LogP contribution in [0.5, 0.6) is 0 Å². The summed E-state index contributed by atoms with van der Waals surface area (Å²) in [6, 6.07) is 15.1. The predicted octanol–water partition coefficient (Wildman–Crippen LogP) is 0.0773. The molecule has 24 heavy (non-hydrogen) atoms. The zero-order valence-corrected chi connectivity index (χ0v) is 13.6. The van der Waals surface area contributed by atoms with Crippen molar-refractivity contribution in [3.8, 4) is 0 Å². The Labute approximate surface area is 141 Å². The molecule has 1 saturated heterocycles. The van der Waals surface area contributed by atoms with Crippen molar-refractivity contribution in [2.45, 2.75) is 13.1 Å². The van der Waals surface area contributed by atoms with Gasteiger partial charge < -0.3 is 24.9 Å². The lowest BCUT2D eigenvalue weighted by molar-refractivity contribution is -0.921. The first-order valence-electron chi connectivity index (χ1n) is 8.26. The number of hydrogen-bond acceptors (Lipinski definition) is 4. The van der Waals surface area contributed by atoms with Crippen molar-refractivity contribution in [3.63, 3.8) is 0 Å². The van der Waals surface area contributed by atoms with E-state index in [1.54, 1.807) is 18.2 Å². The monoisotopic (exact) mass is 326 g/mol. The maximum Gasteiger partial charge on any atom is 0.103 e. The molecule has 126 valence electrons. The number of nitrogens with one attached hydrogen (secondary N) is 2. The highest BCUT2D eigenvalue weighted by atomic mass is 16.5. The van der Waals surface area contributed by atoms with Gasteiger partial charge in [-0.25, -0.2) is 0 Å². The molecule has 5 heteroatoms. The van der Waals surface area contributed by atoms with E-state index < -0.39 is 5.97 Å². The van der Waals surface area contributed by atoms with Gasteiger partial charge in [-0.1, -0.05) is 42.5 Å². The number of rotatable bonds is 6.